The summed E-state index contributed by atoms with van der Waals surface area (Å²) in [7, 11) is -9.10. The molecule has 34 heavy (non-hydrogen) atoms. The van der Waals surface area contributed by atoms with E-state index in [1.807, 2.05) is 0 Å². The van der Waals surface area contributed by atoms with Crippen LogP contribution in [0.4, 0.5) is 0 Å². The Morgan fingerprint density at radius 1 is 0.294 bits per heavy atom. The Bertz CT molecular complexity index is 672. The summed E-state index contributed by atoms with van der Waals surface area (Å²) in [4.78, 5) is 0. The van der Waals surface area contributed by atoms with Gasteiger partial charge in [-0.05, 0) is 22.2 Å². The summed E-state index contributed by atoms with van der Waals surface area (Å²) in [6.07, 6.45) is 1.97. The zero-order valence-corrected chi connectivity index (χ0v) is 25.1. The second-order valence-electron chi connectivity index (χ2n) is 9.35. The van der Waals surface area contributed by atoms with Crippen molar-refractivity contribution in [2.45, 2.75) is 35.0 Å². The van der Waals surface area contributed by atoms with Gasteiger partial charge in [0.2, 0.25) is 0 Å². The minimum Gasteiger partial charge on any atom is -0.106 e. The van der Waals surface area contributed by atoms with Gasteiger partial charge in [0.15, 0.2) is 0 Å². The van der Waals surface area contributed by atoms with Crippen molar-refractivity contribution in [2.75, 3.05) is 0 Å². The van der Waals surface area contributed by atoms with Crippen LogP contribution in [0, 0.1) is 0 Å². The van der Waals surface area contributed by atoms with E-state index >= 15 is 0 Å². The second-order valence-corrected chi connectivity index (χ2v) is 25.2. The molecule has 0 N–H and O–H groups in total. The summed E-state index contributed by atoms with van der Waals surface area (Å²) in [5.41, 5.74) is 26.9. The highest BCUT2D eigenvalue weighted by atomic mass is 28.3. The standard InChI is InChI=1S/C30H44Si4/c1-13-31(14-2,15-3)27-25-29(33(19-7,20-8)21-9)30(34(22-10,23-11)24-12)26-28(27)32(16-4,17-5)18-6/h13-24,27-30H,1-12,25-26H2. The first-order valence-corrected chi connectivity index (χ1v) is 21.1. The Hall–Kier alpha value is -2.25. The molecule has 1 aliphatic carbocycles. The second kappa shape index (κ2) is 11.9. The van der Waals surface area contributed by atoms with Crippen molar-refractivity contribution in [3.8, 4) is 0 Å². The molecule has 1 fully saturated rings. The molecule has 1 rings (SSSR count). The van der Waals surface area contributed by atoms with Crippen molar-refractivity contribution in [2.24, 2.45) is 0 Å². The summed E-state index contributed by atoms with van der Waals surface area (Å²) in [5, 5.41) is 0. The quantitative estimate of drug-likeness (QED) is 0.180. The lowest BCUT2D eigenvalue weighted by molar-refractivity contribution is 0.474. The van der Waals surface area contributed by atoms with Crippen LogP contribution in [-0.2, 0) is 0 Å². The van der Waals surface area contributed by atoms with Crippen LogP contribution in [-0.4, -0.2) is 32.3 Å². The maximum Gasteiger partial charge on any atom is 0.127 e. The average molecular weight is 517 g/mol. The lowest BCUT2D eigenvalue weighted by Crippen LogP contribution is -2.55. The fourth-order valence-corrected chi connectivity index (χ4v) is 21.8. The van der Waals surface area contributed by atoms with E-state index in [1.165, 1.54) is 0 Å². The van der Waals surface area contributed by atoms with Crippen molar-refractivity contribution >= 4 is 32.3 Å². The van der Waals surface area contributed by atoms with Crippen molar-refractivity contribution in [1.82, 2.24) is 0 Å². The summed E-state index contributed by atoms with van der Waals surface area (Å²) >= 11 is 0. The Kier molecular flexibility index (Phi) is 10.5. The monoisotopic (exact) mass is 516 g/mol. The van der Waals surface area contributed by atoms with Crippen LogP contribution >= 0.6 is 0 Å². The van der Waals surface area contributed by atoms with Gasteiger partial charge in [-0.3, -0.25) is 0 Å². The summed E-state index contributed by atoms with van der Waals surface area (Å²) < 4.78 is 0. The molecule has 0 saturated heterocycles. The topological polar surface area (TPSA) is 0 Å². The van der Waals surface area contributed by atoms with E-state index in [9.17, 15) is 0 Å². The molecule has 0 aromatic carbocycles. The van der Waals surface area contributed by atoms with Crippen molar-refractivity contribution in [3.63, 3.8) is 0 Å². The van der Waals surface area contributed by atoms with Crippen LogP contribution < -0.4 is 0 Å². The van der Waals surface area contributed by atoms with Gasteiger partial charge in [0.25, 0.3) is 0 Å². The first kappa shape index (κ1) is 29.8. The highest BCUT2D eigenvalue weighted by molar-refractivity contribution is 7.02. The number of hydrogen-bond donors (Lipinski definition) is 0. The third kappa shape index (κ3) is 4.52. The smallest absolute Gasteiger partial charge is 0.106 e. The van der Waals surface area contributed by atoms with E-state index < -0.39 is 32.3 Å². The highest BCUT2D eigenvalue weighted by Gasteiger charge is 2.57. The molecule has 180 valence electrons. The van der Waals surface area contributed by atoms with E-state index in [0.717, 1.165) is 12.8 Å². The van der Waals surface area contributed by atoms with Gasteiger partial charge in [-0.2, -0.15) is 0 Å². The van der Waals surface area contributed by atoms with E-state index in [1.54, 1.807) is 0 Å². The highest BCUT2D eigenvalue weighted by Crippen LogP contribution is 2.64. The average Bonchev–Trinajstić information content (AvgIpc) is 2.90. The van der Waals surface area contributed by atoms with Crippen LogP contribution in [0.1, 0.15) is 12.8 Å². The normalized spacial score (nSPS) is 23.3. The van der Waals surface area contributed by atoms with Crippen molar-refractivity contribution in [1.29, 1.82) is 0 Å². The molecule has 0 nitrogen and oxygen atoms in total. The van der Waals surface area contributed by atoms with Crippen molar-refractivity contribution < 1.29 is 0 Å². The van der Waals surface area contributed by atoms with Crippen molar-refractivity contribution in [3.05, 3.63) is 147 Å². The molecule has 0 aromatic rings. The molecule has 0 aromatic heterocycles. The summed E-state index contributed by atoms with van der Waals surface area (Å²) in [6.45, 7) is 51.3. The molecule has 0 spiro atoms. The molecular formula is C30H44Si4. The van der Waals surface area contributed by atoms with Gasteiger partial charge >= 0.3 is 0 Å². The predicted molar refractivity (Wildman–Crippen MR) is 170 cm³/mol. The summed E-state index contributed by atoms with van der Waals surface area (Å²) in [6, 6.07) is 0. The van der Waals surface area contributed by atoms with Gasteiger partial charge < -0.3 is 0 Å². The van der Waals surface area contributed by atoms with E-state index in [-0.39, 0.29) is 0 Å². The fraction of sp³-hybridized carbons (Fsp3) is 0.200. The number of hydrogen-bond acceptors (Lipinski definition) is 0. The van der Waals surface area contributed by atoms with Gasteiger partial charge in [-0.15, -0.1) is 78.9 Å². The van der Waals surface area contributed by atoms with E-state index in [0.29, 0.717) is 22.2 Å². The minimum absolute atomic E-state index is 0.333. The fourth-order valence-electron chi connectivity index (χ4n) is 6.23. The van der Waals surface area contributed by atoms with E-state index in [4.69, 9.17) is 0 Å². The maximum atomic E-state index is 4.28. The van der Waals surface area contributed by atoms with Gasteiger partial charge in [0.05, 0.1) is 0 Å². The van der Waals surface area contributed by atoms with E-state index in [2.05, 4.69) is 147 Å². The Labute approximate surface area is 214 Å². The van der Waals surface area contributed by atoms with Gasteiger partial charge in [0.1, 0.15) is 32.3 Å². The predicted octanol–water partition coefficient (Wildman–Crippen LogP) is 8.76. The molecule has 0 bridgehead atoms. The zero-order chi connectivity index (χ0) is 26.2. The van der Waals surface area contributed by atoms with Crippen LogP contribution in [0.2, 0.25) is 22.2 Å². The van der Waals surface area contributed by atoms with Gasteiger partial charge in [-0.25, -0.2) is 0 Å². The molecule has 0 heterocycles. The molecule has 0 radical (unpaired) electrons. The zero-order valence-electron chi connectivity index (χ0n) is 21.1. The lowest BCUT2D eigenvalue weighted by atomic mass is 9.97. The SMILES string of the molecule is C=C[Si](C=C)(C=C)C1CC([Si](C=C)(C=C)C=C)C([Si](C=C)(C=C)C=C)CC1[Si](C=C)(C=C)C=C. The van der Waals surface area contributed by atoms with Crippen LogP contribution in [0.3, 0.4) is 0 Å². The molecule has 0 amide bonds. The Morgan fingerprint density at radius 2 is 0.412 bits per heavy atom. The molecule has 4 atom stereocenters. The van der Waals surface area contributed by atoms with Crippen LogP contribution in [0.15, 0.2) is 147 Å². The molecule has 0 aliphatic heterocycles. The molecule has 4 heteroatoms. The molecular weight excluding hydrogens is 473 g/mol. The first-order valence-electron chi connectivity index (χ1n) is 11.8. The number of rotatable bonds is 16. The molecule has 1 aliphatic rings. The van der Waals surface area contributed by atoms with Crippen LogP contribution in [0.25, 0.3) is 0 Å². The Balaban J connectivity index is 4.16. The van der Waals surface area contributed by atoms with Crippen LogP contribution in [0.5, 0.6) is 0 Å². The maximum absolute atomic E-state index is 4.28. The minimum atomic E-state index is -2.28. The summed E-state index contributed by atoms with van der Waals surface area (Å²) in [5.74, 6) is 0. The lowest BCUT2D eigenvalue weighted by Gasteiger charge is -2.56. The molecule has 1 saturated carbocycles. The Morgan fingerprint density at radius 3 is 0.500 bits per heavy atom. The third-order valence-electron chi connectivity index (χ3n) is 8.80. The largest absolute Gasteiger partial charge is 0.127 e. The first-order chi connectivity index (χ1) is 16.2. The van der Waals surface area contributed by atoms with Gasteiger partial charge in [0, 0.05) is 0 Å². The molecule has 4 unspecified atom stereocenters. The van der Waals surface area contributed by atoms with Gasteiger partial charge in [-0.1, -0.05) is 81.2 Å². The third-order valence-corrected chi connectivity index (χ3v) is 25.6.